The third kappa shape index (κ3) is 1.31. The van der Waals surface area contributed by atoms with E-state index >= 15 is 0 Å². The molecule has 1 saturated heterocycles. The molecule has 2 heterocycles. The lowest BCUT2D eigenvalue weighted by molar-refractivity contribution is 0.386. The lowest BCUT2D eigenvalue weighted by Gasteiger charge is -2.25. The van der Waals surface area contributed by atoms with Gasteiger partial charge < -0.3 is 9.88 Å². The highest BCUT2D eigenvalue weighted by atomic mass is 19.1. The minimum Gasteiger partial charge on any atom is -0.358 e. The van der Waals surface area contributed by atoms with Crippen molar-refractivity contribution >= 4 is 10.9 Å². The minimum atomic E-state index is -0.0693. The molecule has 1 fully saturated rings. The fraction of sp³-hybridized carbons (Fsp3) is 0.467. The van der Waals surface area contributed by atoms with Gasteiger partial charge in [0.1, 0.15) is 5.82 Å². The zero-order chi connectivity index (χ0) is 12.3. The van der Waals surface area contributed by atoms with E-state index in [1.165, 1.54) is 17.7 Å². The van der Waals surface area contributed by atoms with E-state index in [-0.39, 0.29) is 5.82 Å². The lowest BCUT2D eigenvalue weighted by Crippen LogP contribution is -2.18. The van der Waals surface area contributed by atoms with Gasteiger partial charge in [-0.25, -0.2) is 4.39 Å². The number of rotatable bonds is 0. The van der Waals surface area contributed by atoms with E-state index in [1.807, 2.05) is 6.07 Å². The average Bonchev–Trinajstić information content (AvgIpc) is 2.88. The molecule has 0 unspecified atom stereocenters. The number of halogens is 1. The van der Waals surface area contributed by atoms with Gasteiger partial charge in [-0.1, -0.05) is 6.07 Å². The maximum absolute atomic E-state index is 14.1. The van der Waals surface area contributed by atoms with Crippen LogP contribution in [-0.4, -0.2) is 30.0 Å². The number of hydrogen-bond acceptors (Lipinski definition) is 1. The Morgan fingerprint density at radius 3 is 3.11 bits per heavy atom. The smallest absolute Gasteiger partial charge is 0.132 e. The van der Waals surface area contributed by atoms with Gasteiger partial charge >= 0.3 is 0 Å². The number of nitrogens with one attached hydrogen (secondary N) is 1. The number of aromatic amines is 1. The molecule has 94 valence electrons. The Bertz CT molecular complexity index is 616. The van der Waals surface area contributed by atoms with Gasteiger partial charge in [0, 0.05) is 35.6 Å². The third-order valence-corrected chi connectivity index (χ3v) is 4.65. The summed E-state index contributed by atoms with van der Waals surface area (Å²) in [5, 5.41) is 0.845. The molecule has 1 aliphatic heterocycles. The van der Waals surface area contributed by atoms with Crippen molar-refractivity contribution in [3.05, 3.63) is 35.3 Å². The van der Waals surface area contributed by atoms with Crippen LogP contribution in [-0.2, 0) is 6.42 Å². The van der Waals surface area contributed by atoms with Gasteiger partial charge in [-0.3, -0.25) is 0 Å². The molecular formula is C15H17FN2. The largest absolute Gasteiger partial charge is 0.358 e. The molecule has 2 nitrogen and oxygen atoms in total. The summed E-state index contributed by atoms with van der Waals surface area (Å²) in [7, 11) is 2.17. The van der Waals surface area contributed by atoms with Crippen molar-refractivity contribution in [1.82, 2.24) is 9.88 Å². The first-order chi connectivity index (χ1) is 8.74. The van der Waals surface area contributed by atoms with Crippen molar-refractivity contribution in [2.24, 2.45) is 5.92 Å². The summed E-state index contributed by atoms with van der Waals surface area (Å²) in [6, 6.07) is 5.36. The summed E-state index contributed by atoms with van der Waals surface area (Å²) in [6.07, 6.45) is 2.30. The second-order valence-electron chi connectivity index (χ2n) is 5.81. The van der Waals surface area contributed by atoms with Gasteiger partial charge in [-0.05, 0) is 43.5 Å². The number of aromatic nitrogens is 1. The van der Waals surface area contributed by atoms with Crippen molar-refractivity contribution in [2.45, 2.75) is 18.8 Å². The van der Waals surface area contributed by atoms with Gasteiger partial charge in [-0.2, -0.15) is 0 Å². The van der Waals surface area contributed by atoms with Crippen molar-refractivity contribution in [3.8, 4) is 0 Å². The maximum atomic E-state index is 14.1. The summed E-state index contributed by atoms with van der Waals surface area (Å²) >= 11 is 0. The number of aryl methyl sites for hydroxylation is 1. The van der Waals surface area contributed by atoms with Crippen LogP contribution < -0.4 is 0 Å². The van der Waals surface area contributed by atoms with Crippen LogP contribution in [0.1, 0.15) is 23.6 Å². The molecule has 0 bridgehead atoms. The quantitative estimate of drug-likeness (QED) is 0.755. The van der Waals surface area contributed by atoms with Crippen LogP contribution in [0.5, 0.6) is 0 Å². The Morgan fingerprint density at radius 2 is 2.22 bits per heavy atom. The molecule has 4 rings (SSSR count). The minimum absolute atomic E-state index is 0.0693. The molecule has 1 aromatic heterocycles. The fourth-order valence-electron chi connectivity index (χ4n) is 3.93. The van der Waals surface area contributed by atoms with Crippen LogP contribution >= 0.6 is 0 Å². The highest BCUT2D eigenvalue weighted by Crippen LogP contribution is 2.44. The molecule has 0 spiro atoms. The van der Waals surface area contributed by atoms with Crippen molar-refractivity contribution in [1.29, 1.82) is 0 Å². The van der Waals surface area contributed by atoms with Crippen LogP contribution in [0.25, 0.3) is 10.9 Å². The molecule has 3 heteroatoms. The second-order valence-corrected chi connectivity index (χ2v) is 5.81. The lowest BCUT2D eigenvalue weighted by atomic mass is 9.79. The fourth-order valence-corrected chi connectivity index (χ4v) is 3.93. The summed E-state index contributed by atoms with van der Waals surface area (Å²) < 4.78 is 14.1. The zero-order valence-corrected chi connectivity index (χ0v) is 10.5. The van der Waals surface area contributed by atoms with Crippen molar-refractivity contribution < 1.29 is 4.39 Å². The van der Waals surface area contributed by atoms with Gasteiger partial charge in [0.2, 0.25) is 0 Å². The number of hydrogen-bond donors (Lipinski definition) is 1. The van der Waals surface area contributed by atoms with Crippen LogP contribution in [0.2, 0.25) is 0 Å². The SMILES string of the molecule is CN1C[C@H]2CCc3[nH]c4cccc(F)c4c3[C@@H]2C1. The number of likely N-dealkylation sites (tertiary alicyclic amines) is 1. The zero-order valence-electron chi connectivity index (χ0n) is 10.5. The van der Waals surface area contributed by atoms with E-state index < -0.39 is 0 Å². The summed E-state index contributed by atoms with van der Waals surface area (Å²) in [4.78, 5) is 5.80. The van der Waals surface area contributed by atoms with Gasteiger partial charge in [0.15, 0.2) is 0 Å². The Hall–Kier alpha value is -1.35. The highest BCUT2D eigenvalue weighted by Gasteiger charge is 2.38. The summed E-state index contributed by atoms with van der Waals surface area (Å²) in [5.74, 6) is 1.16. The number of benzene rings is 1. The molecule has 1 N–H and O–H groups in total. The van der Waals surface area contributed by atoms with E-state index in [0.29, 0.717) is 11.8 Å². The molecule has 18 heavy (non-hydrogen) atoms. The number of likely N-dealkylation sites (N-methyl/N-ethyl adjacent to an activating group) is 1. The van der Waals surface area contributed by atoms with E-state index in [1.54, 1.807) is 12.1 Å². The standard InChI is InChI=1S/C15H17FN2/c1-18-7-9-5-6-13-14(10(9)8-18)15-11(16)3-2-4-12(15)17-13/h2-4,9-10,17H,5-8H2,1H3/t9-,10-/m1/s1. The van der Waals surface area contributed by atoms with Gasteiger partial charge in [0.05, 0.1) is 0 Å². The van der Waals surface area contributed by atoms with E-state index in [9.17, 15) is 4.39 Å². The first-order valence-electron chi connectivity index (χ1n) is 6.71. The Balaban J connectivity index is 1.97. The van der Waals surface area contributed by atoms with Crippen LogP contribution in [0, 0.1) is 11.7 Å². The topological polar surface area (TPSA) is 19.0 Å². The van der Waals surface area contributed by atoms with Crippen LogP contribution in [0.15, 0.2) is 18.2 Å². The molecule has 2 aromatic rings. The molecule has 0 amide bonds. The Kier molecular flexibility index (Phi) is 2.10. The van der Waals surface area contributed by atoms with Crippen molar-refractivity contribution in [2.75, 3.05) is 20.1 Å². The molecular weight excluding hydrogens is 227 g/mol. The number of fused-ring (bicyclic) bond motifs is 5. The third-order valence-electron chi connectivity index (χ3n) is 4.65. The van der Waals surface area contributed by atoms with Crippen LogP contribution in [0.3, 0.4) is 0 Å². The van der Waals surface area contributed by atoms with Gasteiger partial charge in [0.25, 0.3) is 0 Å². The molecule has 0 saturated carbocycles. The molecule has 0 radical (unpaired) electrons. The average molecular weight is 244 g/mol. The highest BCUT2D eigenvalue weighted by molar-refractivity contribution is 5.86. The summed E-state index contributed by atoms with van der Waals surface area (Å²) in [5.41, 5.74) is 3.51. The monoisotopic (exact) mass is 244 g/mol. The van der Waals surface area contributed by atoms with E-state index in [0.717, 1.165) is 30.4 Å². The Labute approximate surface area is 106 Å². The second kappa shape index (κ2) is 3.58. The molecule has 2 aliphatic rings. The maximum Gasteiger partial charge on any atom is 0.132 e. The number of H-pyrrole nitrogens is 1. The first kappa shape index (κ1) is 10.6. The van der Waals surface area contributed by atoms with E-state index in [2.05, 4.69) is 16.9 Å². The predicted octanol–water partition coefficient (Wildman–Crippen LogP) is 2.90. The molecule has 1 aromatic carbocycles. The first-order valence-corrected chi connectivity index (χ1v) is 6.71. The molecule has 1 aliphatic carbocycles. The Morgan fingerprint density at radius 1 is 1.33 bits per heavy atom. The summed E-state index contributed by atoms with van der Waals surface area (Å²) in [6.45, 7) is 2.23. The van der Waals surface area contributed by atoms with Crippen molar-refractivity contribution in [3.63, 3.8) is 0 Å². The normalized spacial score (nSPS) is 27.4. The predicted molar refractivity (Wildman–Crippen MR) is 70.3 cm³/mol. The van der Waals surface area contributed by atoms with Gasteiger partial charge in [-0.15, -0.1) is 0 Å². The number of nitrogens with zero attached hydrogens (tertiary/aromatic N) is 1. The van der Waals surface area contributed by atoms with Crippen LogP contribution in [0.4, 0.5) is 4.39 Å². The molecule has 2 atom stereocenters. The van der Waals surface area contributed by atoms with E-state index in [4.69, 9.17) is 0 Å².